The number of nitrogens with zero attached hydrogens (tertiary/aromatic N) is 2. The van der Waals surface area contributed by atoms with Crippen molar-refractivity contribution in [2.75, 3.05) is 0 Å². The Morgan fingerprint density at radius 3 is 2.21 bits per heavy atom. The van der Waals surface area contributed by atoms with E-state index in [1.807, 2.05) is 70.2 Å². The van der Waals surface area contributed by atoms with Crippen molar-refractivity contribution in [1.82, 2.24) is 9.78 Å². The summed E-state index contributed by atoms with van der Waals surface area (Å²) in [6.45, 7) is 7.95. The fourth-order valence-electron chi connectivity index (χ4n) is 2.73. The highest BCUT2D eigenvalue weighted by Crippen LogP contribution is 2.22. The molecule has 1 aromatic heterocycles. The van der Waals surface area contributed by atoms with E-state index in [0.29, 0.717) is 5.56 Å². The first kappa shape index (κ1) is 16.0. The zero-order chi connectivity index (χ0) is 17.3. The lowest BCUT2D eigenvalue weighted by Crippen LogP contribution is -2.17. The smallest absolute Gasteiger partial charge is 0.280 e. The number of nitrogens with one attached hydrogen (secondary N) is 1. The first-order valence-corrected chi connectivity index (χ1v) is 7.96. The summed E-state index contributed by atoms with van der Waals surface area (Å²) >= 11 is 0. The maximum atomic E-state index is 12.7. The maximum Gasteiger partial charge on any atom is 0.280 e. The molecule has 0 unspecified atom stereocenters. The lowest BCUT2D eigenvalue weighted by Gasteiger charge is -2.03. The number of hydrogen-bond donors (Lipinski definition) is 1. The molecule has 0 radical (unpaired) electrons. The van der Waals surface area contributed by atoms with Gasteiger partial charge in [0.25, 0.3) is 5.56 Å². The number of aromatic amines is 1. The predicted octanol–water partition coefficient (Wildman–Crippen LogP) is 4.15. The van der Waals surface area contributed by atoms with E-state index in [4.69, 9.17) is 0 Å². The monoisotopic (exact) mass is 319 g/mol. The van der Waals surface area contributed by atoms with Crippen LogP contribution in [0, 0.1) is 27.7 Å². The van der Waals surface area contributed by atoms with Crippen LogP contribution in [0.5, 0.6) is 0 Å². The minimum Gasteiger partial charge on any atom is -0.295 e. The molecule has 0 saturated heterocycles. The zero-order valence-electron chi connectivity index (χ0n) is 14.4. The summed E-state index contributed by atoms with van der Waals surface area (Å²) in [6.07, 6.45) is 1.66. The van der Waals surface area contributed by atoms with E-state index in [0.717, 1.165) is 33.8 Å². The van der Waals surface area contributed by atoms with Crippen LogP contribution >= 0.6 is 0 Å². The Labute approximate surface area is 141 Å². The molecule has 3 rings (SSSR count). The minimum absolute atomic E-state index is 0.0914. The van der Waals surface area contributed by atoms with Gasteiger partial charge in [0, 0.05) is 11.9 Å². The van der Waals surface area contributed by atoms with Crippen molar-refractivity contribution in [2.45, 2.75) is 27.7 Å². The number of H-pyrrole nitrogens is 1. The SMILES string of the molecule is Cc1ccc(-n2[nH]c(C)c(C=Nc3c(C)cccc3C)c2=O)cc1. The Bertz CT molecular complexity index is 939. The first-order chi connectivity index (χ1) is 11.5. The quantitative estimate of drug-likeness (QED) is 0.724. The molecular formula is C20H21N3O. The van der Waals surface area contributed by atoms with Crippen LogP contribution in [0.4, 0.5) is 5.69 Å². The second-order valence-corrected chi connectivity index (χ2v) is 6.13. The Balaban J connectivity index is 2.03. The Morgan fingerprint density at radius 1 is 0.958 bits per heavy atom. The van der Waals surface area contributed by atoms with Gasteiger partial charge in [-0.2, -0.15) is 0 Å². The largest absolute Gasteiger partial charge is 0.295 e. The standard InChI is InChI=1S/C20H21N3O/c1-13-8-10-17(11-9-13)23-20(24)18(16(4)22-23)12-21-19-14(2)6-5-7-15(19)3/h5-12,22H,1-4H3. The van der Waals surface area contributed by atoms with Crippen molar-refractivity contribution < 1.29 is 0 Å². The molecule has 122 valence electrons. The van der Waals surface area contributed by atoms with Gasteiger partial charge in [-0.05, 0) is 51.0 Å². The third kappa shape index (κ3) is 2.95. The minimum atomic E-state index is -0.0914. The summed E-state index contributed by atoms with van der Waals surface area (Å²) in [5.41, 5.74) is 6.38. The number of aromatic nitrogens is 2. The fourth-order valence-corrected chi connectivity index (χ4v) is 2.73. The molecule has 3 aromatic rings. The maximum absolute atomic E-state index is 12.7. The van der Waals surface area contributed by atoms with E-state index < -0.39 is 0 Å². The molecule has 1 heterocycles. The summed E-state index contributed by atoms with van der Waals surface area (Å²) in [5.74, 6) is 0. The molecule has 0 aliphatic rings. The van der Waals surface area contributed by atoms with Crippen LogP contribution < -0.4 is 5.56 Å². The van der Waals surface area contributed by atoms with E-state index in [1.165, 1.54) is 0 Å². The third-order valence-corrected chi connectivity index (χ3v) is 4.17. The molecule has 0 saturated carbocycles. The third-order valence-electron chi connectivity index (χ3n) is 4.17. The van der Waals surface area contributed by atoms with Gasteiger partial charge in [-0.15, -0.1) is 0 Å². The summed E-state index contributed by atoms with van der Waals surface area (Å²) in [4.78, 5) is 17.3. The molecule has 0 amide bonds. The van der Waals surface area contributed by atoms with Gasteiger partial charge in [-0.3, -0.25) is 14.9 Å². The molecule has 4 heteroatoms. The molecule has 2 aromatic carbocycles. The number of benzene rings is 2. The number of aliphatic imine (C=N–C) groups is 1. The first-order valence-electron chi connectivity index (χ1n) is 7.96. The van der Waals surface area contributed by atoms with Gasteiger partial charge in [0.2, 0.25) is 0 Å². The average Bonchev–Trinajstić information content (AvgIpc) is 2.83. The van der Waals surface area contributed by atoms with Crippen molar-refractivity contribution in [2.24, 2.45) is 4.99 Å². The number of aryl methyl sites for hydroxylation is 4. The normalized spacial score (nSPS) is 11.3. The number of rotatable bonds is 3. The van der Waals surface area contributed by atoms with Crippen molar-refractivity contribution in [3.05, 3.63) is 80.8 Å². The molecule has 0 aliphatic heterocycles. The van der Waals surface area contributed by atoms with Crippen molar-refractivity contribution in [3.8, 4) is 5.69 Å². The van der Waals surface area contributed by atoms with Crippen LogP contribution in [0.15, 0.2) is 52.3 Å². The molecule has 4 nitrogen and oxygen atoms in total. The van der Waals surface area contributed by atoms with Crippen molar-refractivity contribution in [3.63, 3.8) is 0 Å². The van der Waals surface area contributed by atoms with Gasteiger partial charge in [0.15, 0.2) is 0 Å². The van der Waals surface area contributed by atoms with Crippen LogP contribution in [0.25, 0.3) is 5.69 Å². The average molecular weight is 319 g/mol. The summed E-state index contributed by atoms with van der Waals surface area (Å²) in [6, 6.07) is 13.9. The van der Waals surface area contributed by atoms with Crippen molar-refractivity contribution in [1.29, 1.82) is 0 Å². The van der Waals surface area contributed by atoms with Crippen LogP contribution in [0.1, 0.15) is 27.9 Å². The summed E-state index contributed by atoms with van der Waals surface area (Å²) in [7, 11) is 0. The van der Waals surface area contributed by atoms with E-state index in [2.05, 4.69) is 10.1 Å². The molecule has 0 bridgehead atoms. The second-order valence-electron chi connectivity index (χ2n) is 6.13. The van der Waals surface area contributed by atoms with E-state index in [9.17, 15) is 4.79 Å². The van der Waals surface area contributed by atoms with Crippen LogP contribution in [0.2, 0.25) is 0 Å². The highest BCUT2D eigenvalue weighted by atomic mass is 16.1. The lowest BCUT2D eigenvalue weighted by molar-refractivity contribution is 0.835. The summed E-state index contributed by atoms with van der Waals surface area (Å²) in [5, 5.41) is 3.13. The highest BCUT2D eigenvalue weighted by molar-refractivity contribution is 5.83. The second kappa shape index (κ2) is 6.32. The summed E-state index contributed by atoms with van der Waals surface area (Å²) < 4.78 is 1.56. The predicted molar refractivity (Wildman–Crippen MR) is 99.0 cm³/mol. The topological polar surface area (TPSA) is 50.1 Å². The van der Waals surface area contributed by atoms with Gasteiger partial charge in [0.1, 0.15) is 0 Å². The fraction of sp³-hybridized carbons (Fsp3) is 0.200. The van der Waals surface area contributed by atoms with Gasteiger partial charge < -0.3 is 0 Å². The molecule has 0 spiro atoms. The highest BCUT2D eigenvalue weighted by Gasteiger charge is 2.11. The van der Waals surface area contributed by atoms with Gasteiger partial charge >= 0.3 is 0 Å². The molecule has 24 heavy (non-hydrogen) atoms. The van der Waals surface area contributed by atoms with Gasteiger partial charge in [-0.1, -0.05) is 35.9 Å². The molecular weight excluding hydrogens is 298 g/mol. The van der Waals surface area contributed by atoms with E-state index in [1.54, 1.807) is 10.9 Å². The van der Waals surface area contributed by atoms with E-state index >= 15 is 0 Å². The number of para-hydroxylation sites is 1. The van der Waals surface area contributed by atoms with Gasteiger partial charge in [-0.25, -0.2) is 4.68 Å². The Morgan fingerprint density at radius 2 is 1.58 bits per heavy atom. The van der Waals surface area contributed by atoms with Crippen molar-refractivity contribution >= 4 is 11.9 Å². The lowest BCUT2D eigenvalue weighted by atomic mass is 10.1. The molecule has 1 N–H and O–H groups in total. The van der Waals surface area contributed by atoms with E-state index in [-0.39, 0.29) is 5.56 Å². The van der Waals surface area contributed by atoms with Crippen LogP contribution in [0.3, 0.4) is 0 Å². The van der Waals surface area contributed by atoms with Crippen LogP contribution in [-0.2, 0) is 0 Å². The zero-order valence-corrected chi connectivity index (χ0v) is 14.4. The van der Waals surface area contributed by atoms with Crippen LogP contribution in [-0.4, -0.2) is 16.0 Å². The molecule has 0 atom stereocenters. The van der Waals surface area contributed by atoms with Gasteiger partial charge in [0.05, 0.1) is 16.9 Å². The number of hydrogen-bond acceptors (Lipinski definition) is 2. The Hall–Kier alpha value is -2.88. The molecule has 0 aliphatic carbocycles. The molecule has 0 fully saturated rings. The Kier molecular flexibility index (Phi) is 4.21.